The topological polar surface area (TPSA) is 12.0 Å². The number of hydrogen-bond donors (Lipinski definition) is 1. The third-order valence-electron chi connectivity index (χ3n) is 3.04. The van der Waals surface area contributed by atoms with Crippen LogP contribution in [0.4, 0.5) is 8.78 Å². The second-order valence-electron chi connectivity index (χ2n) is 4.34. The molecule has 19 heavy (non-hydrogen) atoms. The molecule has 0 heterocycles. The van der Waals surface area contributed by atoms with Gasteiger partial charge in [0.1, 0.15) is 11.6 Å². The molecule has 0 fully saturated rings. The van der Waals surface area contributed by atoms with E-state index in [0.29, 0.717) is 17.0 Å². The molecule has 0 aliphatic carbocycles. The van der Waals surface area contributed by atoms with Crippen LogP contribution in [-0.2, 0) is 6.42 Å². The van der Waals surface area contributed by atoms with Gasteiger partial charge in [0.15, 0.2) is 0 Å². The van der Waals surface area contributed by atoms with Crippen LogP contribution in [0.15, 0.2) is 42.5 Å². The highest BCUT2D eigenvalue weighted by molar-refractivity contribution is 6.30. The summed E-state index contributed by atoms with van der Waals surface area (Å²) in [7, 11) is 1.80. The van der Waals surface area contributed by atoms with E-state index in [1.807, 2.05) is 18.2 Å². The number of halogens is 3. The van der Waals surface area contributed by atoms with Gasteiger partial charge in [-0.15, -0.1) is 0 Å². The largest absolute Gasteiger partial charge is 0.313 e. The van der Waals surface area contributed by atoms with Gasteiger partial charge < -0.3 is 5.32 Å². The lowest BCUT2D eigenvalue weighted by molar-refractivity contribution is 0.541. The molecule has 0 aliphatic rings. The molecule has 2 rings (SSSR count). The molecule has 1 atom stereocenters. The molecule has 0 saturated carbocycles. The Hall–Kier alpha value is -1.45. The van der Waals surface area contributed by atoms with E-state index in [1.54, 1.807) is 13.1 Å². The van der Waals surface area contributed by atoms with E-state index in [1.165, 1.54) is 12.1 Å². The maximum absolute atomic E-state index is 13.6. The molecule has 0 aliphatic heterocycles. The average Bonchev–Trinajstić information content (AvgIpc) is 2.38. The normalized spacial score (nSPS) is 12.4. The second-order valence-corrected chi connectivity index (χ2v) is 4.77. The first-order valence-electron chi connectivity index (χ1n) is 5.97. The Balaban J connectivity index is 2.24. The van der Waals surface area contributed by atoms with Crippen molar-refractivity contribution in [2.75, 3.05) is 7.05 Å². The lowest BCUT2D eigenvalue weighted by Crippen LogP contribution is -2.19. The van der Waals surface area contributed by atoms with Crippen molar-refractivity contribution in [3.8, 4) is 0 Å². The molecule has 4 heteroatoms. The highest BCUT2D eigenvalue weighted by atomic mass is 35.5. The Labute approximate surface area is 116 Å². The zero-order valence-corrected chi connectivity index (χ0v) is 11.2. The molecular formula is C15H14ClF2N. The summed E-state index contributed by atoms with van der Waals surface area (Å²) in [5.41, 5.74) is 1.44. The summed E-state index contributed by atoms with van der Waals surface area (Å²) in [6.07, 6.45) is 0.433. The Kier molecular flexibility index (Phi) is 4.51. The molecule has 1 unspecified atom stereocenters. The van der Waals surface area contributed by atoms with Crippen LogP contribution in [0.1, 0.15) is 17.2 Å². The Bertz CT molecular complexity index is 572. The summed E-state index contributed by atoms with van der Waals surface area (Å²) in [5, 5.41) is 3.75. The van der Waals surface area contributed by atoms with Gasteiger partial charge in [-0.1, -0.05) is 29.8 Å². The first-order chi connectivity index (χ1) is 9.10. The lowest BCUT2D eigenvalue weighted by Gasteiger charge is -2.17. The van der Waals surface area contributed by atoms with Crippen LogP contribution in [-0.4, -0.2) is 7.05 Å². The second kappa shape index (κ2) is 6.13. The summed E-state index contributed by atoms with van der Waals surface area (Å²) < 4.78 is 26.5. The zero-order valence-electron chi connectivity index (χ0n) is 10.5. The third kappa shape index (κ3) is 3.52. The van der Waals surface area contributed by atoms with Crippen molar-refractivity contribution in [2.45, 2.75) is 12.5 Å². The van der Waals surface area contributed by atoms with Crippen LogP contribution in [0.2, 0.25) is 5.02 Å². The number of likely N-dealkylation sites (N-methyl/N-ethyl adjacent to an activating group) is 1. The SMILES string of the molecule is CNC(Cc1ccc(F)cc1F)c1cccc(Cl)c1. The summed E-state index contributed by atoms with van der Waals surface area (Å²) in [4.78, 5) is 0. The maximum atomic E-state index is 13.6. The first-order valence-corrected chi connectivity index (χ1v) is 6.34. The molecule has 1 N–H and O–H groups in total. The highest BCUT2D eigenvalue weighted by Gasteiger charge is 2.13. The fourth-order valence-electron chi connectivity index (χ4n) is 2.02. The van der Waals surface area contributed by atoms with Crippen molar-refractivity contribution in [3.63, 3.8) is 0 Å². The van der Waals surface area contributed by atoms with Crippen molar-refractivity contribution in [2.24, 2.45) is 0 Å². The van der Waals surface area contributed by atoms with Crippen molar-refractivity contribution < 1.29 is 8.78 Å². The van der Waals surface area contributed by atoms with Gasteiger partial charge >= 0.3 is 0 Å². The highest BCUT2D eigenvalue weighted by Crippen LogP contribution is 2.22. The molecule has 0 bridgehead atoms. The molecule has 100 valence electrons. The average molecular weight is 282 g/mol. The van der Waals surface area contributed by atoms with Crippen LogP contribution in [0.25, 0.3) is 0 Å². The smallest absolute Gasteiger partial charge is 0.129 e. The predicted molar refractivity (Wildman–Crippen MR) is 73.3 cm³/mol. The fourth-order valence-corrected chi connectivity index (χ4v) is 2.22. The minimum atomic E-state index is -0.565. The third-order valence-corrected chi connectivity index (χ3v) is 3.27. The van der Waals surface area contributed by atoms with Gasteiger partial charge in [0, 0.05) is 17.1 Å². The molecule has 0 amide bonds. The summed E-state index contributed by atoms with van der Waals surface area (Å²) in [6, 6.07) is 11.0. The number of hydrogen-bond acceptors (Lipinski definition) is 1. The van der Waals surface area contributed by atoms with E-state index in [4.69, 9.17) is 11.6 Å². The monoisotopic (exact) mass is 281 g/mol. The molecule has 0 aromatic heterocycles. The van der Waals surface area contributed by atoms with Crippen LogP contribution in [0, 0.1) is 11.6 Å². The fraction of sp³-hybridized carbons (Fsp3) is 0.200. The Morgan fingerprint density at radius 2 is 1.95 bits per heavy atom. The van der Waals surface area contributed by atoms with Crippen molar-refractivity contribution in [3.05, 3.63) is 70.2 Å². The number of rotatable bonds is 4. The lowest BCUT2D eigenvalue weighted by atomic mass is 9.98. The zero-order chi connectivity index (χ0) is 13.8. The molecule has 0 saturated heterocycles. The molecule has 0 spiro atoms. The van der Waals surface area contributed by atoms with E-state index < -0.39 is 11.6 Å². The van der Waals surface area contributed by atoms with E-state index in [9.17, 15) is 8.78 Å². The maximum Gasteiger partial charge on any atom is 0.129 e. The van der Waals surface area contributed by atoms with Crippen molar-refractivity contribution in [1.29, 1.82) is 0 Å². The van der Waals surface area contributed by atoms with Crippen LogP contribution >= 0.6 is 11.6 Å². The van der Waals surface area contributed by atoms with Crippen LogP contribution < -0.4 is 5.32 Å². The summed E-state index contributed by atoms with van der Waals surface area (Å²) >= 11 is 5.95. The molecule has 2 aromatic rings. The summed E-state index contributed by atoms with van der Waals surface area (Å²) in [6.45, 7) is 0. The van der Waals surface area contributed by atoms with Gasteiger partial charge in [-0.25, -0.2) is 8.78 Å². The van der Waals surface area contributed by atoms with E-state index in [0.717, 1.165) is 11.6 Å². The molecule has 1 nitrogen and oxygen atoms in total. The van der Waals surface area contributed by atoms with Gasteiger partial charge in [0.05, 0.1) is 0 Å². The minimum Gasteiger partial charge on any atom is -0.313 e. The van der Waals surface area contributed by atoms with E-state index >= 15 is 0 Å². The quantitative estimate of drug-likeness (QED) is 0.889. The minimum absolute atomic E-state index is 0.0707. The first kappa shape index (κ1) is 14.0. The van der Waals surface area contributed by atoms with Gasteiger partial charge in [-0.2, -0.15) is 0 Å². The van der Waals surface area contributed by atoms with Crippen LogP contribution in [0.5, 0.6) is 0 Å². The van der Waals surface area contributed by atoms with Crippen molar-refractivity contribution >= 4 is 11.6 Å². The molecule has 2 aromatic carbocycles. The van der Waals surface area contributed by atoms with E-state index in [-0.39, 0.29) is 6.04 Å². The van der Waals surface area contributed by atoms with E-state index in [2.05, 4.69) is 5.32 Å². The van der Waals surface area contributed by atoms with Crippen LogP contribution in [0.3, 0.4) is 0 Å². The Morgan fingerprint density at radius 3 is 2.58 bits per heavy atom. The molecule has 0 radical (unpaired) electrons. The molecular weight excluding hydrogens is 268 g/mol. The Morgan fingerprint density at radius 1 is 1.16 bits per heavy atom. The van der Waals surface area contributed by atoms with Gasteiger partial charge in [0.2, 0.25) is 0 Å². The predicted octanol–water partition coefficient (Wildman–Crippen LogP) is 4.12. The number of benzene rings is 2. The van der Waals surface area contributed by atoms with Gasteiger partial charge in [0.25, 0.3) is 0 Å². The number of nitrogens with one attached hydrogen (secondary N) is 1. The standard InChI is InChI=1S/C15H14ClF2N/c1-19-15(11-3-2-4-12(16)7-11)8-10-5-6-13(17)9-14(10)18/h2-7,9,15,19H,8H2,1H3. The van der Waals surface area contributed by atoms with Crippen molar-refractivity contribution in [1.82, 2.24) is 5.32 Å². The summed E-state index contributed by atoms with van der Waals surface area (Å²) in [5.74, 6) is -1.09. The van der Waals surface area contributed by atoms with Gasteiger partial charge in [-0.3, -0.25) is 0 Å². The van der Waals surface area contributed by atoms with Gasteiger partial charge in [-0.05, 0) is 42.8 Å².